The van der Waals surface area contributed by atoms with E-state index in [9.17, 15) is 4.79 Å². The Bertz CT molecular complexity index is 1050. The summed E-state index contributed by atoms with van der Waals surface area (Å²) in [5, 5.41) is 2.92. The molecule has 0 aliphatic heterocycles. The van der Waals surface area contributed by atoms with Gasteiger partial charge in [-0.1, -0.05) is 19.1 Å². The number of rotatable bonds is 5. The van der Waals surface area contributed by atoms with E-state index in [1.54, 1.807) is 6.07 Å². The van der Waals surface area contributed by atoms with Crippen LogP contribution in [0.1, 0.15) is 29.5 Å². The molecule has 1 N–H and O–H groups in total. The molecule has 3 heterocycles. The summed E-state index contributed by atoms with van der Waals surface area (Å²) < 4.78 is 10.3. The van der Waals surface area contributed by atoms with Crippen molar-refractivity contribution in [3.63, 3.8) is 0 Å². The van der Waals surface area contributed by atoms with E-state index in [0.717, 1.165) is 41.6 Å². The molecule has 3 aromatic heterocycles. The lowest BCUT2D eigenvalue weighted by Crippen LogP contribution is -2.25. The molecule has 8 heteroatoms. The molecular formula is C17H16N6OS. The van der Waals surface area contributed by atoms with E-state index in [2.05, 4.69) is 41.6 Å². The zero-order chi connectivity index (χ0) is 17.2. The van der Waals surface area contributed by atoms with Crippen LogP contribution in [0.4, 0.5) is 0 Å². The Kier molecular flexibility index (Phi) is 4.10. The molecule has 0 saturated carbocycles. The summed E-state index contributed by atoms with van der Waals surface area (Å²) in [5.41, 5.74) is 3.70. The highest BCUT2D eigenvalue weighted by Crippen LogP contribution is 2.17. The standard InChI is InChI=1S/C17H16N6OS/c1-2-7-23-14-6-4-3-5-12(14)20-15(23)10-19-17(24)11-8-13-16(18-9-11)22-25-21-13/h3-6,8-9H,2,7,10H2,1H3,(H,19,24). The summed E-state index contributed by atoms with van der Waals surface area (Å²) in [5.74, 6) is 0.651. The number of carbonyl (C=O) groups is 1. The van der Waals surface area contributed by atoms with Crippen molar-refractivity contribution in [3.8, 4) is 0 Å². The fraction of sp³-hybridized carbons (Fsp3) is 0.235. The molecule has 1 amide bonds. The molecule has 0 spiro atoms. The topological polar surface area (TPSA) is 85.6 Å². The van der Waals surface area contributed by atoms with Gasteiger partial charge in [-0.2, -0.15) is 8.75 Å². The van der Waals surface area contributed by atoms with E-state index in [0.29, 0.717) is 23.3 Å². The average Bonchev–Trinajstić information content (AvgIpc) is 3.24. The average molecular weight is 352 g/mol. The fourth-order valence-corrected chi connectivity index (χ4v) is 3.29. The normalized spacial score (nSPS) is 11.2. The van der Waals surface area contributed by atoms with Crippen LogP contribution >= 0.6 is 11.7 Å². The number of nitrogens with one attached hydrogen (secondary N) is 1. The van der Waals surface area contributed by atoms with Crippen LogP contribution < -0.4 is 5.32 Å². The van der Waals surface area contributed by atoms with Gasteiger partial charge in [0.25, 0.3) is 5.91 Å². The van der Waals surface area contributed by atoms with Gasteiger partial charge in [-0.05, 0) is 24.6 Å². The van der Waals surface area contributed by atoms with Crippen LogP contribution in [0.25, 0.3) is 22.2 Å². The number of hydrogen-bond acceptors (Lipinski definition) is 6. The minimum atomic E-state index is -0.197. The first-order valence-corrected chi connectivity index (χ1v) is 8.80. The molecule has 0 radical (unpaired) electrons. The number of imidazole rings is 1. The van der Waals surface area contributed by atoms with Gasteiger partial charge in [0.1, 0.15) is 11.3 Å². The van der Waals surface area contributed by atoms with E-state index in [-0.39, 0.29) is 5.91 Å². The summed E-state index contributed by atoms with van der Waals surface area (Å²) >= 11 is 1.09. The molecule has 0 aliphatic rings. The second-order valence-electron chi connectivity index (χ2n) is 5.68. The van der Waals surface area contributed by atoms with Crippen LogP contribution in [0, 0.1) is 0 Å². The number of aryl methyl sites for hydroxylation is 1. The number of carbonyl (C=O) groups excluding carboxylic acids is 1. The number of pyridine rings is 1. The lowest BCUT2D eigenvalue weighted by atomic mass is 10.2. The first kappa shape index (κ1) is 15.6. The Morgan fingerprint density at radius 3 is 3.00 bits per heavy atom. The Morgan fingerprint density at radius 1 is 1.24 bits per heavy atom. The Hall–Kier alpha value is -2.87. The zero-order valence-corrected chi connectivity index (χ0v) is 14.5. The molecule has 7 nitrogen and oxygen atoms in total. The van der Waals surface area contributed by atoms with Gasteiger partial charge in [0.15, 0.2) is 5.65 Å². The van der Waals surface area contributed by atoms with Gasteiger partial charge in [0, 0.05) is 12.7 Å². The van der Waals surface area contributed by atoms with Crippen LogP contribution in [0.5, 0.6) is 0 Å². The first-order chi connectivity index (χ1) is 12.3. The molecule has 1 aromatic carbocycles. The molecule has 0 unspecified atom stereocenters. The lowest BCUT2D eigenvalue weighted by molar-refractivity contribution is 0.0949. The maximum atomic E-state index is 12.4. The van der Waals surface area contributed by atoms with Gasteiger partial charge >= 0.3 is 0 Å². The zero-order valence-electron chi connectivity index (χ0n) is 13.6. The Balaban J connectivity index is 1.56. The van der Waals surface area contributed by atoms with Crippen LogP contribution in [0.15, 0.2) is 36.5 Å². The van der Waals surface area contributed by atoms with Crippen LogP contribution in [-0.4, -0.2) is 29.2 Å². The van der Waals surface area contributed by atoms with Crippen molar-refractivity contribution < 1.29 is 4.79 Å². The van der Waals surface area contributed by atoms with Gasteiger partial charge in [-0.15, -0.1) is 0 Å². The lowest BCUT2D eigenvalue weighted by Gasteiger charge is -2.09. The first-order valence-electron chi connectivity index (χ1n) is 8.07. The van der Waals surface area contributed by atoms with E-state index < -0.39 is 0 Å². The molecular weight excluding hydrogens is 336 g/mol. The molecule has 0 bridgehead atoms. The fourth-order valence-electron chi connectivity index (χ4n) is 2.81. The predicted molar refractivity (Wildman–Crippen MR) is 96.4 cm³/mol. The van der Waals surface area contributed by atoms with Crippen molar-refractivity contribution in [2.45, 2.75) is 26.4 Å². The van der Waals surface area contributed by atoms with Gasteiger partial charge in [0.2, 0.25) is 0 Å². The van der Waals surface area contributed by atoms with Crippen LogP contribution in [0.2, 0.25) is 0 Å². The molecule has 4 aromatic rings. The quantitative estimate of drug-likeness (QED) is 0.597. The molecule has 0 atom stereocenters. The van der Waals surface area contributed by atoms with Gasteiger partial charge in [0.05, 0.1) is 34.9 Å². The van der Waals surface area contributed by atoms with Gasteiger partial charge in [-0.25, -0.2) is 9.97 Å². The highest BCUT2D eigenvalue weighted by Gasteiger charge is 2.13. The number of benzene rings is 1. The number of aromatic nitrogens is 5. The monoisotopic (exact) mass is 352 g/mol. The van der Waals surface area contributed by atoms with Crippen molar-refractivity contribution in [1.29, 1.82) is 0 Å². The molecule has 126 valence electrons. The van der Waals surface area contributed by atoms with Crippen molar-refractivity contribution in [2.75, 3.05) is 0 Å². The minimum absolute atomic E-state index is 0.197. The molecule has 0 fully saturated rings. The van der Waals surface area contributed by atoms with Crippen LogP contribution in [0.3, 0.4) is 0 Å². The minimum Gasteiger partial charge on any atom is -0.345 e. The smallest absolute Gasteiger partial charge is 0.253 e. The largest absolute Gasteiger partial charge is 0.345 e. The second-order valence-corrected chi connectivity index (χ2v) is 6.21. The van der Waals surface area contributed by atoms with E-state index in [1.807, 2.05) is 18.2 Å². The second kappa shape index (κ2) is 6.56. The summed E-state index contributed by atoms with van der Waals surface area (Å²) in [4.78, 5) is 21.2. The third-order valence-electron chi connectivity index (χ3n) is 3.96. The van der Waals surface area contributed by atoms with Crippen molar-refractivity contribution in [2.24, 2.45) is 0 Å². The maximum Gasteiger partial charge on any atom is 0.253 e. The SMILES string of the molecule is CCCn1c(CNC(=O)c2cnc3nsnc3c2)nc2ccccc21. The molecule has 25 heavy (non-hydrogen) atoms. The van der Waals surface area contributed by atoms with Gasteiger partial charge in [-0.3, -0.25) is 4.79 Å². The van der Waals surface area contributed by atoms with Crippen molar-refractivity contribution >= 4 is 39.8 Å². The number of nitrogens with zero attached hydrogens (tertiary/aromatic N) is 5. The third-order valence-corrected chi connectivity index (χ3v) is 4.50. The summed E-state index contributed by atoms with van der Waals surface area (Å²) in [6.45, 7) is 3.35. The Morgan fingerprint density at radius 2 is 2.12 bits per heavy atom. The van der Waals surface area contributed by atoms with Crippen LogP contribution in [-0.2, 0) is 13.1 Å². The summed E-state index contributed by atoms with van der Waals surface area (Å²) in [6.07, 6.45) is 2.52. The van der Waals surface area contributed by atoms with Crippen molar-refractivity contribution in [3.05, 3.63) is 47.9 Å². The third kappa shape index (κ3) is 2.96. The number of fused-ring (bicyclic) bond motifs is 2. The van der Waals surface area contributed by atoms with Crippen molar-refractivity contribution in [1.82, 2.24) is 28.6 Å². The predicted octanol–water partition coefficient (Wildman–Crippen LogP) is 2.78. The molecule has 4 rings (SSSR count). The Labute approximate surface area is 148 Å². The summed E-state index contributed by atoms with van der Waals surface area (Å²) in [7, 11) is 0. The maximum absolute atomic E-state index is 12.4. The van der Waals surface area contributed by atoms with Gasteiger partial charge < -0.3 is 9.88 Å². The number of para-hydroxylation sites is 2. The highest BCUT2D eigenvalue weighted by atomic mass is 32.1. The van der Waals surface area contributed by atoms with E-state index in [4.69, 9.17) is 0 Å². The summed E-state index contributed by atoms with van der Waals surface area (Å²) in [6, 6.07) is 9.71. The highest BCUT2D eigenvalue weighted by molar-refractivity contribution is 7.00. The molecule has 0 saturated heterocycles. The van der Waals surface area contributed by atoms with E-state index >= 15 is 0 Å². The van der Waals surface area contributed by atoms with E-state index in [1.165, 1.54) is 6.20 Å². The number of amides is 1. The molecule has 0 aliphatic carbocycles. The number of hydrogen-bond donors (Lipinski definition) is 1.